The van der Waals surface area contributed by atoms with E-state index in [4.69, 9.17) is 19.3 Å². The molecule has 17 heteroatoms. The number of hydroxylamine groups is 4. The molecule has 0 spiro atoms. The summed E-state index contributed by atoms with van der Waals surface area (Å²) in [5, 5.41) is 65.0. The molecule has 17 nitrogen and oxygen atoms in total. The molecular weight excluding hydrogens is 612 g/mol. The molecule has 2 aliphatic rings. The third-order valence-electron chi connectivity index (χ3n) is 7.62. The van der Waals surface area contributed by atoms with Crippen LogP contribution in [0.15, 0.2) is 23.3 Å². The first-order valence-corrected chi connectivity index (χ1v) is 15.2. The molecule has 0 aromatic rings. The number of amides is 4. The predicted octanol–water partition coefficient (Wildman–Crippen LogP) is -1.90. The molecule has 5 unspecified atom stereocenters. The molecule has 262 valence electrons. The second kappa shape index (κ2) is 19.6. The van der Waals surface area contributed by atoms with Crippen LogP contribution in [-0.4, -0.2) is 147 Å². The number of hydrogen-bond acceptors (Lipinski definition) is 13. The van der Waals surface area contributed by atoms with Gasteiger partial charge in [0.25, 0.3) is 11.8 Å². The lowest BCUT2D eigenvalue weighted by atomic mass is 9.99. The number of aliphatic hydroxyl groups excluding tert-OH is 4. The molecule has 7 atom stereocenters. The zero-order chi connectivity index (χ0) is 34.4. The Morgan fingerprint density at radius 2 is 1.37 bits per heavy atom. The molecule has 2 saturated heterocycles. The molecule has 4 amide bonds. The van der Waals surface area contributed by atoms with Crippen LogP contribution in [0.1, 0.15) is 52.4 Å². The number of aliphatic hydroxyl groups is 4. The maximum Gasteiger partial charge on any atom is 0.269 e. The van der Waals surface area contributed by atoms with E-state index in [2.05, 4.69) is 10.6 Å². The lowest BCUT2D eigenvalue weighted by Gasteiger charge is -2.41. The van der Waals surface area contributed by atoms with Gasteiger partial charge in [-0.1, -0.05) is 11.1 Å². The van der Waals surface area contributed by atoms with E-state index in [1.54, 1.807) is 13.8 Å². The van der Waals surface area contributed by atoms with Gasteiger partial charge < -0.3 is 45.3 Å². The standard InChI is InChI=1S/C29H48N4O13/c1-17(8-12-34)14-22(36)32(42)10-4-6-19-27(40)31-20(28(41)30-19)7-5-11-33(43)23(37)15-18(2)9-13-45-29-25(39)24(38)26(44-3)21(16-35)46-29/h14-15,19-21,24-26,29,34-35,38-39,42-43H,4-13,16H2,1-3H3,(H,30,41)(H,31,40)/b17-14+,18-15+/t19-,20-,21?,24?,25?,26?,29?/m0/s1. The number of rotatable bonds is 18. The van der Waals surface area contributed by atoms with Crippen molar-refractivity contribution in [3.63, 3.8) is 0 Å². The number of nitrogens with one attached hydrogen (secondary N) is 2. The second-order valence-electron chi connectivity index (χ2n) is 11.3. The van der Waals surface area contributed by atoms with Crippen molar-refractivity contribution in [1.29, 1.82) is 0 Å². The van der Waals surface area contributed by atoms with Crippen LogP contribution in [0.25, 0.3) is 0 Å². The quantitative estimate of drug-likeness (QED) is 0.0455. The number of nitrogens with zero attached hydrogens (tertiary/aromatic N) is 2. The first-order valence-electron chi connectivity index (χ1n) is 15.2. The lowest BCUT2D eigenvalue weighted by molar-refractivity contribution is -0.304. The van der Waals surface area contributed by atoms with Crippen molar-refractivity contribution in [2.24, 2.45) is 0 Å². The highest BCUT2D eigenvalue weighted by molar-refractivity contribution is 5.96. The Bertz CT molecular complexity index is 1090. The number of methoxy groups -OCH3 is 1. The zero-order valence-corrected chi connectivity index (χ0v) is 26.4. The fourth-order valence-corrected chi connectivity index (χ4v) is 4.90. The van der Waals surface area contributed by atoms with E-state index < -0.39 is 73.0 Å². The van der Waals surface area contributed by atoms with Crippen LogP contribution >= 0.6 is 0 Å². The predicted molar refractivity (Wildman–Crippen MR) is 158 cm³/mol. The summed E-state index contributed by atoms with van der Waals surface area (Å²) >= 11 is 0. The van der Waals surface area contributed by atoms with Gasteiger partial charge in [0.1, 0.15) is 36.5 Å². The van der Waals surface area contributed by atoms with E-state index in [1.165, 1.54) is 19.3 Å². The summed E-state index contributed by atoms with van der Waals surface area (Å²) in [4.78, 5) is 49.4. The van der Waals surface area contributed by atoms with Crippen molar-refractivity contribution in [2.75, 3.05) is 40.0 Å². The molecule has 0 aliphatic carbocycles. The van der Waals surface area contributed by atoms with Gasteiger partial charge in [0, 0.05) is 39.0 Å². The molecule has 2 rings (SSSR count). The van der Waals surface area contributed by atoms with Gasteiger partial charge in [-0.25, -0.2) is 10.1 Å². The van der Waals surface area contributed by atoms with Crippen molar-refractivity contribution >= 4 is 23.6 Å². The van der Waals surface area contributed by atoms with Gasteiger partial charge in [-0.05, 0) is 52.4 Å². The minimum Gasteiger partial charge on any atom is -0.396 e. The molecule has 0 radical (unpaired) electrons. The van der Waals surface area contributed by atoms with Crippen molar-refractivity contribution in [3.05, 3.63) is 23.3 Å². The van der Waals surface area contributed by atoms with Gasteiger partial charge in [-0.3, -0.25) is 29.6 Å². The van der Waals surface area contributed by atoms with E-state index in [0.717, 1.165) is 0 Å². The number of ether oxygens (including phenoxy) is 3. The summed E-state index contributed by atoms with van der Waals surface area (Å²) < 4.78 is 16.0. The molecule has 2 fully saturated rings. The summed E-state index contributed by atoms with van der Waals surface area (Å²) in [6.07, 6.45) is -2.12. The van der Waals surface area contributed by atoms with Crippen LogP contribution in [0.3, 0.4) is 0 Å². The van der Waals surface area contributed by atoms with Crippen LogP contribution in [0, 0.1) is 0 Å². The van der Waals surface area contributed by atoms with Gasteiger partial charge in [0.2, 0.25) is 11.8 Å². The zero-order valence-electron chi connectivity index (χ0n) is 26.4. The summed E-state index contributed by atoms with van der Waals surface area (Å²) in [5.41, 5.74) is 1.14. The van der Waals surface area contributed by atoms with Crippen LogP contribution in [0.5, 0.6) is 0 Å². The first kappa shape index (κ1) is 39.2. The number of carbonyl (C=O) groups is 4. The lowest BCUT2D eigenvalue weighted by Crippen LogP contribution is -2.61. The molecule has 46 heavy (non-hydrogen) atoms. The van der Waals surface area contributed by atoms with Crippen LogP contribution in [0.4, 0.5) is 0 Å². The van der Waals surface area contributed by atoms with E-state index >= 15 is 0 Å². The highest BCUT2D eigenvalue weighted by atomic mass is 16.7. The van der Waals surface area contributed by atoms with E-state index in [0.29, 0.717) is 27.7 Å². The topological polar surface area (TPSA) is 248 Å². The largest absolute Gasteiger partial charge is 0.396 e. The minimum atomic E-state index is -1.42. The van der Waals surface area contributed by atoms with Crippen molar-refractivity contribution in [1.82, 2.24) is 20.8 Å². The summed E-state index contributed by atoms with van der Waals surface area (Å²) in [6.45, 7) is 2.53. The summed E-state index contributed by atoms with van der Waals surface area (Å²) in [7, 11) is 1.31. The number of hydrogen-bond donors (Lipinski definition) is 8. The molecule has 0 bridgehead atoms. The average molecular weight is 661 g/mol. The monoisotopic (exact) mass is 660 g/mol. The Morgan fingerprint density at radius 1 is 0.870 bits per heavy atom. The fraction of sp³-hybridized carbons (Fsp3) is 0.724. The van der Waals surface area contributed by atoms with Gasteiger partial charge in [-0.2, -0.15) is 0 Å². The molecule has 2 aliphatic heterocycles. The molecule has 2 heterocycles. The van der Waals surface area contributed by atoms with Gasteiger partial charge in [0.05, 0.1) is 13.2 Å². The fourth-order valence-electron chi connectivity index (χ4n) is 4.90. The van der Waals surface area contributed by atoms with Gasteiger partial charge in [-0.15, -0.1) is 0 Å². The van der Waals surface area contributed by atoms with E-state index in [1.807, 2.05) is 0 Å². The van der Waals surface area contributed by atoms with Crippen molar-refractivity contribution in [3.8, 4) is 0 Å². The highest BCUT2D eigenvalue weighted by Gasteiger charge is 2.45. The Morgan fingerprint density at radius 3 is 1.83 bits per heavy atom. The smallest absolute Gasteiger partial charge is 0.269 e. The highest BCUT2D eigenvalue weighted by Crippen LogP contribution is 2.24. The van der Waals surface area contributed by atoms with E-state index in [9.17, 15) is 44.9 Å². The molecule has 0 aromatic carbocycles. The normalized spacial score (nSPS) is 27.2. The molecule has 0 aromatic heterocycles. The third-order valence-corrected chi connectivity index (χ3v) is 7.62. The van der Waals surface area contributed by atoms with E-state index in [-0.39, 0.29) is 58.4 Å². The first-order chi connectivity index (χ1) is 21.8. The maximum atomic E-state index is 12.5. The number of carbonyl (C=O) groups excluding carboxylic acids is 4. The maximum absolute atomic E-state index is 12.5. The van der Waals surface area contributed by atoms with Gasteiger partial charge in [0.15, 0.2) is 6.29 Å². The minimum absolute atomic E-state index is 0.00160. The second-order valence-corrected chi connectivity index (χ2v) is 11.3. The third kappa shape index (κ3) is 12.0. The molecular formula is C29H48N4O13. The molecule has 0 saturated carbocycles. The Kier molecular flexibility index (Phi) is 16.7. The SMILES string of the molecule is COC1C(CO)OC(OCC/C(C)=C/C(=O)N(O)CCC[C@@H]2NC(=O)[C@H](CCCN(O)C(=O)/C=C(\C)CCO)NC2=O)C(O)C1O. The van der Waals surface area contributed by atoms with Crippen molar-refractivity contribution in [2.45, 2.75) is 95.2 Å². The van der Waals surface area contributed by atoms with Gasteiger partial charge >= 0.3 is 0 Å². The Labute approximate surface area is 267 Å². The average Bonchev–Trinajstić information content (AvgIpc) is 3.00. The van der Waals surface area contributed by atoms with Crippen LogP contribution < -0.4 is 10.6 Å². The van der Waals surface area contributed by atoms with Crippen molar-refractivity contribution < 1.29 is 64.2 Å². The summed E-state index contributed by atoms with van der Waals surface area (Å²) in [5.74, 6) is -2.22. The molecule has 8 N–H and O–H groups in total. The summed E-state index contributed by atoms with van der Waals surface area (Å²) in [6, 6.07) is -1.71. The van der Waals surface area contributed by atoms with Crippen LogP contribution in [0.2, 0.25) is 0 Å². The number of piperazine rings is 1. The Hall–Kier alpha value is -3.00. The van der Waals surface area contributed by atoms with Crippen LogP contribution in [-0.2, 0) is 33.4 Å². The Balaban J connectivity index is 1.70.